The van der Waals surface area contributed by atoms with E-state index in [4.69, 9.17) is 17.0 Å². The van der Waals surface area contributed by atoms with Crippen molar-refractivity contribution in [3.63, 3.8) is 0 Å². The fourth-order valence-corrected chi connectivity index (χ4v) is 2.28. The van der Waals surface area contributed by atoms with Crippen molar-refractivity contribution in [1.29, 1.82) is 0 Å². The van der Waals surface area contributed by atoms with E-state index in [1.807, 2.05) is 6.92 Å². The summed E-state index contributed by atoms with van der Waals surface area (Å²) in [7, 11) is 0. The van der Waals surface area contributed by atoms with Crippen molar-refractivity contribution in [1.82, 2.24) is 0 Å². The number of hydrogen-bond donors (Lipinski definition) is 0. The minimum Gasteiger partial charge on any atom is -0.479 e. The summed E-state index contributed by atoms with van der Waals surface area (Å²) in [5.74, 6) is 0.916. The maximum atomic E-state index is 11.6. The molecule has 0 spiro atoms. The molecule has 1 rings (SSSR count). The number of carbonyl (C=O) groups excluding carboxylic acids is 1. The van der Waals surface area contributed by atoms with E-state index in [1.165, 1.54) is 11.8 Å². The quantitative estimate of drug-likeness (QED) is 0.548. The van der Waals surface area contributed by atoms with Gasteiger partial charge in [-0.25, -0.2) is 0 Å². The molecule has 1 aliphatic carbocycles. The van der Waals surface area contributed by atoms with Gasteiger partial charge in [-0.15, -0.1) is 0 Å². The second-order valence-corrected chi connectivity index (χ2v) is 4.66. The van der Waals surface area contributed by atoms with Crippen molar-refractivity contribution in [2.45, 2.75) is 19.8 Å². The molecule has 78 valence electrons. The average Bonchev–Trinajstić information content (AvgIpc) is 2.67. The largest absolute Gasteiger partial charge is 0.479 e. The molecule has 0 saturated carbocycles. The third-order valence-electron chi connectivity index (χ3n) is 2.06. The molecule has 14 heavy (non-hydrogen) atoms. The summed E-state index contributed by atoms with van der Waals surface area (Å²) in [6, 6.07) is 0. The first-order valence-corrected chi connectivity index (χ1v) is 6.10. The molecule has 2 nitrogen and oxygen atoms in total. The van der Waals surface area contributed by atoms with Crippen molar-refractivity contribution < 1.29 is 9.53 Å². The first kappa shape index (κ1) is 11.7. The van der Waals surface area contributed by atoms with Gasteiger partial charge in [0.05, 0.1) is 12.4 Å². The van der Waals surface area contributed by atoms with Crippen LogP contribution in [0.2, 0.25) is 0 Å². The fourth-order valence-electron chi connectivity index (χ4n) is 1.29. The highest BCUT2D eigenvalue weighted by molar-refractivity contribution is 8.23. The molecule has 0 amide bonds. The van der Waals surface area contributed by atoms with E-state index in [0.29, 0.717) is 16.7 Å². The maximum absolute atomic E-state index is 11.6. The lowest BCUT2D eigenvalue weighted by molar-refractivity contribution is -0.119. The van der Waals surface area contributed by atoms with E-state index < -0.39 is 0 Å². The molecule has 1 aliphatic rings. The highest BCUT2D eigenvalue weighted by Gasteiger charge is 2.19. The monoisotopic (exact) mass is 230 g/mol. The number of thioether (sulfide) groups is 1. The van der Waals surface area contributed by atoms with Gasteiger partial charge in [-0.2, -0.15) is 0 Å². The average molecular weight is 230 g/mol. The number of hydrogen-bond acceptors (Lipinski definition) is 4. The number of carbonyl (C=O) groups is 1. The van der Waals surface area contributed by atoms with Crippen LogP contribution < -0.4 is 0 Å². The molecule has 0 bridgehead atoms. The Bertz CT molecular complexity index is 241. The predicted molar refractivity (Wildman–Crippen MR) is 63.6 cm³/mol. The third kappa shape index (κ3) is 3.80. The zero-order chi connectivity index (χ0) is 10.4. The summed E-state index contributed by atoms with van der Waals surface area (Å²) >= 11 is 6.25. The summed E-state index contributed by atoms with van der Waals surface area (Å²) < 4.78 is 5.56. The summed E-state index contributed by atoms with van der Waals surface area (Å²) in [6.45, 7) is 2.46. The summed E-state index contributed by atoms with van der Waals surface area (Å²) in [4.78, 5) is 11.6. The number of allylic oxidation sites excluding steroid dienone is 2. The lowest BCUT2D eigenvalue weighted by Gasteiger charge is -2.07. The highest BCUT2D eigenvalue weighted by atomic mass is 32.2. The van der Waals surface area contributed by atoms with Crippen LogP contribution in [0, 0.1) is 5.92 Å². The molecular formula is C10H14O2S2. The van der Waals surface area contributed by atoms with Crippen molar-refractivity contribution in [2.24, 2.45) is 5.92 Å². The van der Waals surface area contributed by atoms with Gasteiger partial charge in [0.25, 0.3) is 0 Å². The van der Waals surface area contributed by atoms with Crippen molar-refractivity contribution in [2.75, 3.05) is 12.4 Å². The Morgan fingerprint density at radius 2 is 2.21 bits per heavy atom. The minimum absolute atomic E-state index is 0.187. The van der Waals surface area contributed by atoms with Gasteiger partial charge in [0.2, 0.25) is 4.38 Å². The Morgan fingerprint density at radius 1 is 1.57 bits per heavy atom. The Hall–Kier alpha value is -0.350. The zero-order valence-electron chi connectivity index (χ0n) is 8.19. The topological polar surface area (TPSA) is 26.3 Å². The van der Waals surface area contributed by atoms with Gasteiger partial charge in [0, 0.05) is 5.92 Å². The van der Waals surface area contributed by atoms with E-state index in [2.05, 4.69) is 12.2 Å². The molecule has 4 heteroatoms. The van der Waals surface area contributed by atoms with Gasteiger partial charge in [-0.1, -0.05) is 23.9 Å². The molecule has 0 radical (unpaired) electrons. The Balaban J connectivity index is 2.17. The summed E-state index contributed by atoms with van der Waals surface area (Å²) in [5, 5.41) is 0. The van der Waals surface area contributed by atoms with E-state index in [1.54, 1.807) is 0 Å². The number of thiocarbonyl (C=S) groups is 1. The van der Waals surface area contributed by atoms with E-state index in [9.17, 15) is 4.79 Å². The first-order chi connectivity index (χ1) is 6.74. The van der Waals surface area contributed by atoms with Gasteiger partial charge in [-0.3, -0.25) is 4.79 Å². The van der Waals surface area contributed by atoms with Crippen molar-refractivity contribution >= 4 is 34.1 Å². The molecular weight excluding hydrogens is 216 g/mol. The second-order valence-electron chi connectivity index (χ2n) is 3.08. The van der Waals surface area contributed by atoms with Gasteiger partial charge < -0.3 is 4.74 Å². The van der Waals surface area contributed by atoms with Crippen LogP contribution in [-0.4, -0.2) is 22.5 Å². The van der Waals surface area contributed by atoms with Crippen LogP contribution in [0.4, 0.5) is 0 Å². The smallest absolute Gasteiger partial charge is 0.220 e. The number of rotatable bonds is 4. The van der Waals surface area contributed by atoms with E-state index in [0.717, 1.165) is 12.8 Å². The van der Waals surface area contributed by atoms with Crippen LogP contribution in [0.5, 0.6) is 0 Å². The Morgan fingerprint density at radius 3 is 2.79 bits per heavy atom. The van der Waals surface area contributed by atoms with E-state index >= 15 is 0 Å². The molecule has 0 aliphatic heterocycles. The molecule has 0 atom stereocenters. The first-order valence-electron chi connectivity index (χ1n) is 4.71. The molecule has 0 aromatic heterocycles. The van der Waals surface area contributed by atoms with Gasteiger partial charge in [0.15, 0.2) is 0 Å². The highest BCUT2D eigenvalue weighted by Crippen LogP contribution is 2.21. The van der Waals surface area contributed by atoms with Gasteiger partial charge >= 0.3 is 0 Å². The van der Waals surface area contributed by atoms with Crippen molar-refractivity contribution in [3.05, 3.63) is 12.2 Å². The summed E-state index contributed by atoms with van der Waals surface area (Å²) in [5.41, 5.74) is 0. The standard InChI is InChI=1S/C10H14O2S2/c1-2-12-10(13)14-7-9(11)8-5-3-4-6-8/h3-4,8H,2,5-7H2,1H3. The van der Waals surface area contributed by atoms with Crippen LogP contribution in [0.1, 0.15) is 19.8 Å². The number of ketones is 1. The van der Waals surface area contributed by atoms with Crippen LogP contribution >= 0.6 is 24.0 Å². The van der Waals surface area contributed by atoms with Crippen LogP contribution in [0.25, 0.3) is 0 Å². The lowest BCUT2D eigenvalue weighted by atomic mass is 10.0. The second kappa shape index (κ2) is 6.19. The Kier molecular flexibility index (Phi) is 5.19. The Labute approximate surface area is 94.1 Å². The molecule has 0 aromatic carbocycles. The van der Waals surface area contributed by atoms with E-state index in [-0.39, 0.29) is 11.7 Å². The number of ether oxygens (including phenoxy) is 1. The predicted octanol–water partition coefficient (Wildman–Crippen LogP) is 2.58. The minimum atomic E-state index is 0.187. The normalized spacial score (nSPS) is 15.8. The molecule has 0 N–H and O–H groups in total. The van der Waals surface area contributed by atoms with Gasteiger partial charge in [0.1, 0.15) is 5.78 Å². The molecule has 0 heterocycles. The van der Waals surface area contributed by atoms with Crippen LogP contribution in [-0.2, 0) is 9.53 Å². The maximum Gasteiger partial charge on any atom is 0.220 e. The summed E-state index contributed by atoms with van der Waals surface area (Å²) in [6.07, 6.45) is 5.91. The fraction of sp³-hybridized carbons (Fsp3) is 0.600. The SMILES string of the molecule is CCOC(=S)SCC(=O)C1CC=CC1. The molecule has 0 unspecified atom stereocenters. The van der Waals surface area contributed by atoms with Crippen LogP contribution in [0.15, 0.2) is 12.2 Å². The molecule has 0 aromatic rings. The van der Waals surface area contributed by atoms with Gasteiger partial charge in [-0.05, 0) is 32.0 Å². The lowest BCUT2D eigenvalue weighted by Crippen LogP contribution is -2.14. The third-order valence-corrected chi connectivity index (χ3v) is 3.31. The van der Waals surface area contributed by atoms with Crippen molar-refractivity contribution in [3.8, 4) is 0 Å². The molecule has 0 saturated heterocycles. The van der Waals surface area contributed by atoms with Crippen LogP contribution in [0.3, 0.4) is 0 Å². The number of Topliss-reactive ketones (excluding diaryl/α,β-unsaturated/α-hetero) is 1. The molecule has 0 fully saturated rings. The zero-order valence-corrected chi connectivity index (χ0v) is 9.83.